The van der Waals surface area contributed by atoms with Crippen LogP contribution in [0.3, 0.4) is 0 Å². The van der Waals surface area contributed by atoms with E-state index in [1.54, 1.807) is 0 Å². The molecule has 0 aliphatic heterocycles. The summed E-state index contributed by atoms with van der Waals surface area (Å²) in [5.41, 5.74) is 0. The van der Waals surface area contributed by atoms with Crippen molar-refractivity contribution in [3.63, 3.8) is 0 Å². The molecule has 5 heteroatoms. The highest BCUT2D eigenvalue weighted by Crippen LogP contribution is 2.10. The molecule has 0 amide bonds. The van der Waals surface area contributed by atoms with Gasteiger partial charge in [-0.2, -0.15) is 0 Å². The summed E-state index contributed by atoms with van der Waals surface area (Å²) < 4.78 is 14.9. The van der Waals surface area contributed by atoms with Crippen molar-refractivity contribution >= 4 is 9.05 Å². The number of rotatable bonds is 13. The van der Waals surface area contributed by atoms with Crippen molar-refractivity contribution in [2.24, 2.45) is 0 Å². The average Bonchev–Trinajstić information content (AvgIpc) is 2.40. The maximum absolute atomic E-state index is 9.62. The highest BCUT2D eigenvalue weighted by atomic mass is 28.4. The van der Waals surface area contributed by atoms with E-state index in [0.717, 1.165) is 12.8 Å². The van der Waals surface area contributed by atoms with Crippen LogP contribution in [0.5, 0.6) is 0 Å². The third-order valence-corrected chi connectivity index (χ3v) is 4.65. The standard InChI is InChI=1S/C13H30O4Si/c1-4-5-6-7-8-9-10-11-12-13-17-18(14,15-2)16-3/h14H,4-13H2,1-3H3. The van der Waals surface area contributed by atoms with Crippen LogP contribution < -0.4 is 0 Å². The maximum atomic E-state index is 9.62. The fourth-order valence-electron chi connectivity index (χ4n) is 1.82. The maximum Gasteiger partial charge on any atom is 0.676 e. The fraction of sp³-hybridized carbons (Fsp3) is 1.00. The predicted molar refractivity (Wildman–Crippen MR) is 75.2 cm³/mol. The van der Waals surface area contributed by atoms with Crippen LogP contribution in [0.15, 0.2) is 0 Å². The molecule has 4 nitrogen and oxygen atoms in total. The van der Waals surface area contributed by atoms with Crippen molar-refractivity contribution in [1.29, 1.82) is 0 Å². The molecule has 0 aromatic heterocycles. The molecule has 0 saturated heterocycles. The minimum atomic E-state index is -3.29. The van der Waals surface area contributed by atoms with Crippen LogP contribution in [-0.4, -0.2) is 34.7 Å². The Morgan fingerprint density at radius 2 is 1.22 bits per heavy atom. The van der Waals surface area contributed by atoms with Crippen LogP contribution in [0, 0.1) is 0 Å². The molecule has 0 unspecified atom stereocenters. The molecule has 0 aliphatic rings. The molecular formula is C13H30O4Si. The first kappa shape index (κ1) is 18.1. The van der Waals surface area contributed by atoms with Gasteiger partial charge < -0.3 is 18.1 Å². The largest absolute Gasteiger partial charge is 0.676 e. The van der Waals surface area contributed by atoms with Gasteiger partial charge in [0.2, 0.25) is 0 Å². The zero-order chi connectivity index (χ0) is 13.7. The van der Waals surface area contributed by atoms with Gasteiger partial charge in [0.05, 0.1) is 0 Å². The predicted octanol–water partition coefficient (Wildman–Crippen LogP) is 3.25. The molecular weight excluding hydrogens is 248 g/mol. The number of unbranched alkanes of at least 4 members (excludes halogenated alkanes) is 8. The topological polar surface area (TPSA) is 47.9 Å². The van der Waals surface area contributed by atoms with Gasteiger partial charge in [-0.3, -0.25) is 0 Å². The van der Waals surface area contributed by atoms with Crippen molar-refractivity contribution in [2.75, 3.05) is 20.8 Å². The number of hydrogen-bond acceptors (Lipinski definition) is 4. The third kappa shape index (κ3) is 10.0. The lowest BCUT2D eigenvalue weighted by Gasteiger charge is -2.18. The summed E-state index contributed by atoms with van der Waals surface area (Å²) >= 11 is 0. The molecule has 0 spiro atoms. The molecule has 1 N–H and O–H groups in total. The van der Waals surface area contributed by atoms with Gasteiger partial charge in [-0.05, 0) is 6.42 Å². The molecule has 110 valence electrons. The van der Waals surface area contributed by atoms with E-state index in [2.05, 4.69) is 6.92 Å². The first-order chi connectivity index (χ1) is 8.68. The van der Waals surface area contributed by atoms with Crippen molar-refractivity contribution in [3.8, 4) is 0 Å². The van der Waals surface area contributed by atoms with Gasteiger partial charge in [-0.15, -0.1) is 0 Å². The van der Waals surface area contributed by atoms with Crippen LogP contribution in [0.1, 0.15) is 64.7 Å². The summed E-state index contributed by atoms with van der Waals surface area (Å²) in [6, 6.07) is 0. The summed E-state index contributed by atoms with van der Waals surface area (Å²) in [6.45, 7) is 2.75. The lowest BCUT2D eigenvalue weighted by molar-refractivity contribution is 0.0222. The summed E-state index contributed by atoms with van der Waals surface area (Å²) in [7, 11) is -0.470. The van der Waals surface area contributed by atoms with E-state index >= 15 is 0 Å². The van der Waals surface area contributed by atoms with Crippen molar-refractivity contribution < 1.29 is 18.1 Å². The Kier molecular flexibility index (Phi) is 12.1. The fourth-order valence-corrected chi connectivity index (χ4v) is 2.62. The molecule has 0 bridgehead atoms. The lowest BCUT2D eigenvalue weighted by Crippen LogP contribution is -2.44. The van der Waals surface area contributed by atoms with Gasteiger partial charge in [0, 0.05) is 20.8 Å². The van der Waals surface area contributed by atoms with Gasteiger partial charge in [0.15, 0.2) is 0 Å². The average molecular weight is 278 g/mol. The highest BCUT2D eigenvalue weighted by Gasteiger charge is 2.38. The van der Waals surface area contributed by atoms with E-state index in [0.29, 0.717) is 6.61 Å². The van der Waals surface area contributed by atoms with E-state index in [-0.39, 0.29) is 0 Å². The zero-order valence-electron chi connectivity index (χ0n) is 12.2. The molecule has 0 aromatic rings. The van der Waals surface area contributed by atoms with Gasteiger partial charge in [-0.25, -0.2) is 0 Å². The second-order valence-electron chi connectivity index (χ2n) is 4.61. The molecule has 0 rings (SSSR count). The van der Waals surface area contributed by atoms with Gasteiger partial charge >= 0.3 is 9.05 Å². The normalized spacial score (nSPS) is 12.0. The van der Waals surface area contributed by atoms with E-state index in [1.165, 1.54) is 59.2 Å². The molecule has 18 heavy (non-hydrogen) atoms. The summed E-state index contributed by atoms with van der Waals surface area (Å²) in [6.07, 6.45) is 11.4. The van der Waals surface area contributed by atoms with Crippen LogP contribution >= 0.6 is 0 Å². The van der Waals surface area contributed by atoms with E-state index < -0.39 is 9.05 Å². The Bertz CT molecular complexity index is 174. The molecule has 0 aliphatic carbocycles. The Hall–Kier alpha value is 0.0569. The molecule has 0 saturated carbocycles. The van der Waals surface area contributed by atoms with E-state index in [1.807, 2.05) is 0 Å². The second kappa shape index (κ2) is 12.1. The molecule has 0 heterocycles. The summed E-state index contributed by atoms with van der Waals surface area (Å²) in [5, 5.41) is 0. The minimum Gasteiger partial charge on any atom is -0.367 e. The van der Waals surface area contributed by atoms with E-state index in [9.17, 15) is 4.80 Å². The van der Waals surface area contributed by atoms with Gasteiger partial charge in [0.1, 0.15) is 0 Å². The zero-order valence-corrected chi connectivity index (χ0v) is 13.2. The monoisotopic (exact) mass is 278 g/mol. The molecule has 0 atom stereocenters. The van der Waals surface area contributed by atoms with Crippen LogP contribution in [-0.2, 0) is 13.3 Å². The first-order valence-corrected chi connectivity index (χ1v) is 8.82. The second-order valence-corrected chi connectivity index (χ2v) is 6.76. The van der Waals surface area contributed by atoms with Crippen LogP contribution in [0.25, 0.3) is 0 Å². The Labute approximate surface area is 113 Å². The van der Waals surface area contributed by atoms with Crippen molar-refractivity contribution in [1.82, 2.24) is 0 Å². The van der Waals surface area contributed by atoms with E-state index in [4.69, 9.17) is 13.3 Å². The third-order valence-electron chi connectivity index (χ3n) is 3.05. The van der Waals surface area contributed by atoms with Gasteiger partial charge in [-0.1, -0.05) is 58.3 Å². The van der Waals surface area contributed by atoms with Gasteiger partial charge in [0.25, 0.3) is 0 Å². The Morgan fingerprint density at radius 1 is 0.778 bits per heavy atom. The summed E-state index contributed by atoms with van der Waals surface area (Å²) in [4.78, 5) is 9.62. The highest BCUT2D eigenvalue weighted by molar-refractivity contribution is 6.51. The summed E-state index contributed by atoms with van der Waals surface area (Å²) in [5.74, 6) is 0. The minimum absolute atomic E-state index is 0.514. The molecule has 0 fully saturated rings. The molecule has 0 radical (unpaired) electrons. The first-order valence-electron chi connectivity index (χ1n) is 7.15. The Morgan fingerprint density at radius 3 is 1.67 bits per heavy atom. The van der Waals surface area contributed by atoms with Crippen LogP contribution in [0.4, 0.5) is 0 Å². The Balaban J connectivity index is 3.21. The SMILES string of the molecule is CCCCCCCCCCCO[Si](O)(OC)OC. The van der Waals surface area contributed by atoms with Crippen molar-refractivity contribution in [3.05, 3.63) is 0 Å². The van der Waals surface area contributed by atoms with Crippen molar-refractivity contribution in [2.45, 2.75) is 64.7 Å². The quantitative estimate of drug-likeness (QED) is 0.415. The smallest absolute Gasteiger partial charge is 0.367 e. The number of hydrogen-bond donors (Lipinski definition) is 1. The lowest BCUT2D eigenvalue weighted by atomic mass is 10.1. The van der Waals surface area contributed by atoms with Crippen LogP contribution in [0.2, 0.25) is 0 Å². The molecule has 0 aromatic carbocycles.